The first-order valence-electron chi connectivity index (χ1n) is 10.3. The molecule has 0 bridgehead atoms. The first kappa shape index (κ1) is 21.4. The van der Waals surface area contributed by atoms with Crippen molar-refractivity contribution in [3.8, 4) is 0 Å². The number of hydrogen-bond donors (Lipinski definition) is 0. The summed E-state index contributed by atoms with van der Waals surface area (Å²) in [4.78, 5) is 0. The highest BCUT2D eigenvalue weighted by atomic mass is 16.5. The second kappa shape index (κ2) is 14.2. The first-order valence-corrected chi connectivity index (χ1v) is 10.3. The lowest BCUT2D eigenvalue weighted by Crippen LogP contribution is -2.14. The summed E-state index contributed by atoms with van der Waals surface area (Å²) in [5.41, 5.74) is 2.48. The van der Waals surface area contributed by atoms with E-state index in [0.29, 0.717) is 19.3 Å². The van der Waals surface area contributed by atoms with E-state index in [4.69, 9.17) is 9.47 Å². The van der Waals surface area contributed by atoms with Gasteiger partial charge in [-0.05, 0) is 43.2 Å². The zero-order valence-corrected chi connectivity index (χ0v) is 16.5. The fourth-order valence-electron chi connectivity index (χ4n) is 3.11. The van der Waals surface area contributed by atoms with Gasteiger partial charge in [0, 0.05) is 6.61 Å². The Kier molecular flexibility index (Phi) is 11.3. The van der Waals surface area contributed by atoms with Crippen LogP contribution < -0.4 is 0 Å². The third-order valence-corrected chi connectivity index (χ3v) is 4.69. The normalized spacial score (nSPS) is 12.0. The minimum atomic E-state index is 0.314. The van der Waals surface area contributed by atoms with Crippen LogP contribution in [0.15, 0.2) is 73.3 Å². The molecular formula is C25H34O2. The molecule has 2 rings (SSSR count). The molecule has 146 valence electrons. The van der Waals surface area contributed by atoms with Crippen molar-refractivity contribution >= 4 is 0 Å². The lowest BCUT2D eigenvalue weighted by atomic mass is 10.1. The van der Waals surface area contributed by atoms with Gasteiger partial charge in [0.25, 0.3) is 0 Å². The minimum absolute atomic E-state index is 0.314. The van der Waals surface area contributed by atoms with Crippen LogP contribution in [0.5, 0.6) is 0 Å². The minimum Gasteiger partial charge on any atom is -0.377 e. The SMILES string of the molecule is C=CCCCCC[C@@H](CCCOCc1ccccc1)OCc1ccccc1. The van der Waals surface area contributed by atoms with E-state index < -0.39 is 0 Å². The Morgan fingerprint density at radius 3 is 2.04 bits per heavy atom. The number of unbranched alkanes of at least 4 members (excludes halogenated alkanes) is 3. The third kappa shape index (κ3) is 10.1. The van der Waals surface area contributed by atoms with Crippen molar-refractivity contribution < 1.29 is 9.47 Å². The molecule has 1 atom stereocenters. The van der Waals surface area contributed by atoms with Crippen LogP contribution in [0.25, 0.3) is 0 Å². The number of benzene rings is 2. The Balaban J connectivity index is 1.66. The maximum absolute atomic E-state index is 6.22. The van der Waals surface area contributed by atoms with Gasteiger partial charge < -0.3 is 9.47 Å². The Hall–Kier alpha value is -1.90. The van der Waals surface area contributed by atoms with Crippen LogP contribution in [0.4, 0.5) is 0 Å². The lowest BCUT2D eigenvalue weighted by molar-refractivity contribution is 0.0187. The van der Waals surface area contributed by atoms with Crippen molar-refractivity contribution in [1.29, 1.82) is 0 Å². The summed E-state index contributed by atoms with van der Waals surface area (Å²) in [5, 5.41) is 0. The van der Waals surface area contributed by atoms with Crippen LogP contribution in [0, 0.1) is 0 Å². The molecule has 2 heteroatoms. The lowest BCUT2D eigenvalue weighted by Gasteiger charge is -2.18. The van der Waals surface area contributed by atoms with Crippen molar-refractivity contribution in [3.05, 3.63) is 84.4 Å². The van der Waals surface area contributed by atoms with Crippen LogP contribution in [-0.4, -0.2) is 12.7 Å². The summed E-state index contributed by atoms with van der Waals surface area (Å²) in [6, 6.07) is 20.8. The van der Waals surface area contributed by atoms with E-state index in [-0.39, 0.29) is 0 Å². The highest BCUT2D eigenvalue weighted by Gasteiger charge is 2.09. The molecule has 0 spiro atoms. The predicted molar refractivity (Wildman–Crippen MR) is 114 cm³/mol. The Morgan fingerprint density at radius 1 is 0.741 bits per heavy atom. The van der Waals surface area contributed by atoms with E-state index in [1.165, 1.54) is 30.4 Å². The molecule has 0 amide bonds. The molecule has 0 radical (unpaired) electrons. The van der Waals surface area contributed by atoms with Crippen molar-refractivity contribution in [2.75, 3.05) is 6.61 Å². The summed E-state index contributed by atoms with van der Waals surface area (Å²) in [6.45, 7) is 5.98. The molecule has 0 aliphatic heterocycles. The van der Waals surface area contributed by atoms with Crippen molar-refractivity contribution in [1.82, 2.24) is 0 Å². The van der Waals surface area contributed by atoms with Crippen molar-refractivity contribution in [3.63, 3.8) is 0 Å². The van der Waals surface area contributed by atoms with Crippen LogP contribution in [0.2, 0.25) is 0 Å². The number of rotatable bonds is 15. The highest BCUT2D eigenvalue weighted by Crippen LogP contribution is 2.16. The van der Waals surface area contributed by atoms with Gasteiger partial charge in [-0.3, -0.25) is 0 Å². The number of allylic oxidation sites excluding steroid dienone is 1. The molecule has 27 heavy (non-hydrogen) atoms. The van der Waals surface area contributed by atoms with Gasteiger partial charge in [0.2, 0.25) is 0 Å². The molecule has 0 fully saturated rings. The molecule has 0 aliphatic rings. The van der Waals surface area contributed by atoms with E-state index in [2.05, 4.69) is 55.1 Å². The van der Waals surface area contributed by atoms with Crippen molar-refractivity contribution in [2.45, 2.75) is 64.3 Å². The second-order valence-corrected chi connectivity index (χ2v) is 7.03. The zero-order valence-electron chi connectivity index (χ0n) is 16.5. The van der Waals surface area contributed by atoms with Gasteiger partial charge in [0.1, 0.15) is 0 Å². The largest absolute Gasteiger partial charge is 0.377 e. The molecule has 0 aromatic heterocycles. The fraction of sp³-hybridized carbons (Fsp3) is 0.440. The van der Waals surface area contributed by atoms with Gasteiger partial charge in [-0.15, -0.1) is 6.58 Å². The average Bonchev–Trinajstić information content (AvgIpc) is 2.72. The molecule has 2 aromatic carbocycles. The van der Waals surface area contributed by atoms with Gasteiger partial charge in [-0.2, -0.15) is 0 Å². The van der Waals surface area contributed by atoms with Gasteiger partial charge in [0.15, 0.2) is 0 Å². The smallest absolute Gasteiger partial charge is 0.0720 e. The van der Waals surface area contributed by atoms with E-state index in [9.17, 15) is 0 Å². The maximum Gasteiger partial charge on any atom is 0.0720 e. The number of hydrogen-bond acceptors (Lipinski definition) is 2. The first-order chi connectivity index (χ1) is 13.4. The summed E-state index contributed by atoms with van der Waals surface area (Å²) in [5.74, 6) is 0. The predicted octanol–water partition coefficient (Wildman–Crippen LogP) is 6.71. The van der Waals surface area contributed by atoms with E-state index in [1.54, 1.807) is 0 Å². The Bertz CT molecular complexity index is 594. The van der Waals surface area contributed by atoms with Crippen molar-refractivity contribution in [2.24, 2.45) is 0 Å². The standard InChI is InChI=1S/C25H34O2/c1-2-3-4-5-12-18-25(27-22-24-16-10-7-11-17-24)19-13-20-26-21-23-14-8-6-9-15-23/h2,6-11,14-17,25H,1,3-5,12-13,18-22H2/t25-/m0/s1. The molecule has 0 unspecified atom stereocenters. The third-order valence-electron chi connectivity index (χ3n) is 4.69. The molecule has 0 aliphatic carbocycles. The van der Waals surface area contributed by atoms with Crippen LogP contribution >= 0.6 is 0 Å². The highest BCUT2D eigenvalue weighted by molar-refractivity contribution is 5.14. The van der Waals surface area contributed by atoms with Gasteiger partial charge in [-0.25, -0.2) is 0 Å². The Morgan fingerprint density at radius 2 is 1.37 bits per heavy atom. The van der Waals surface area contributed by atoms with Gasteiger partial charge >= 0.3 is 0 Å². The number of ether oxygens (including phenoxy) is 2. The zero-order chi connectivity index (χ0) is 19.0. The molecule has 0 saturated heterocycles. The maximum atomic E-state index is 6.22. The van der Waals surface area contributed by atoms with Crippen LogP contribution in [0.3, 0.4) is 0 Å². The molecule has 0 heterocycles. The van der Waals surface area contributed by atoms with Gasteiger partial charge in [0.05, 0.1) is 19.3 Å². The second-order valence-electron chi connectivity index (χ2n) is 7.03. The fourth-order valence-corrected chi connectivity index (χ4v) is 3.11. The molecule has 2 aromatic rings. The quantitative estimate of drug-likeness (QED) is 0.258. The average molecular weight is 367 g/mol. The summed E-state index contributed by atoms with van der Waals surface area (Å²) < 4.78 is 12.0. The van der Waals surface area contributed by atoms with Crippen LogP contribution in [-0.2, 0) is 22.7 Å². The van der Waals surface area contributed by atoms with E-state index >= 15 is 0 Å². The molecular weight excluding hydrogens is 332 g/mol. The summed E-state index contributed by atoms with van der Waals surface area (Å²) in [6.07, 6.45) is 10.4. The summed E-state index contributed by atoms with van der Waals surface area (Å²) in [7, 11) is 0. The van der Waals surface area contributed by atoms with Gasteiger partial charge in [-0.1, -0.05) is 79.6 Å². The van der Waals surface area contributed by atoms with E-state index in [1.807, 2.05) is 18.2 Å². The molecule has 2 nitrogen and oxygen atoms in total. The molecule has 0 N–H and O–H groups in total. The monoisotopic (exact) mass is 366 g/mol. The van der Waals surface area contributed by atoms with Crippen LogP contribution in [0.1, 0.15) is 56.1 Å². The molecule has 0 saturated carbocycles. The Labute approximate surface area is 165 Å². The summed E-state index contributed by atoms with van der Waals surface area (Å²) >= 11 is 0. The van der Waals surface area contributed by atoms with E-state index in [0.717, 1.165) is 32.3 Å². The topological polar surface area (TPSA) is 18.5 Å².